The Morgan fingerprint density at radius 2 is 1.81 bits per heavy atom. The lowest BCUT2D eigenvalue weighted by atomic mass is 10.1. The molecule has 26 heavy (non-hydrogen) atoms. The van der Waals surface area contributed by atoms with E-state index < -0.39 is 23.6 Å². The van der Waals surface area contributed by atoms with Crippen molar-refractivity contribution in [2.24, 2.45) is 0 Å². The number of amides is 1. The highest BCUT2D eigenvalue weighted by molar-refractivity contribution is 6.22. The first-order valence-corrected chi connectivity index (χ1v) is 8.17. The topological polar surface area (TPSA) is 104 Å². The second-order valence-corrected chi connectivity index (χ2v) is 6.08. The van der Waals surface area contributed by atoms with Crippen LogP contribution >= 0.6 is 0 Å². The van der Waals surface area contributed by atoms with E-state index in [0.717, 1.165) is 6.08 Å². The van der Waals surface area contributed by atoms with Crippen LogP contribution in [0.3, 0.4) is 0 Å². The summed E-state index contributed by atoms with van der Waals surface area (Å²) in [5.74, 6) is -1.44. The Hall–Kier alpha value is -2.90. The lowest BCUT2D eigenvalue weighted by Crippen LogP contribution is -2.27. The number of carbonyl (C=O) groups is 3. The average Bonchev–Trinajstić information content (AvgIpc) is 2.52. The number of anilines is 1. The fraction of sp³-hybridized carbons (Fsp3) is 0.444. The van der Waals surface area contributed by atoms with Crippen LogP contribution in [0.2, 0.25) is 0 Å². The van der Waals surface area contributed by atoms with Gasteiger partial charge in [0.25, 0.3) is 0 Å². The van der Waals surface area contributed by atoms with Crippen molar-refractivity contribution in [2.45, 2.75) is 40.2 Å². The maximum absolute atomic E-state index is 12.3. The number of nitrogens with zero attached hydrogens (tertiary/aromatic N) is 1. The SMILES string of the molecule is CCOC(=O)/C=C(\C(=O)OCC)c1cnccc1NC(=O)OC(C)(C)C. The first kappa shape index (κ1) is 21.1. The van der Waals surface area contributed by atoms with Crippen molar-refractivity contribution in [1.29, 1.82) is 0 Å². The van der Waals surface area contributed by atoms with Gasteiger partial charge in [0.05, 0.1) is 24.5 Å². The second kappa shape index (κ2) is 9.55. The number of pyridine rings is 1. The van der Waals surface area contributed by atoms with E-state index in [1.54, 1.807) is 34.6 Å². The first-order valence-electron chi connectivity index (χ1n) is 8.17. The summed E-state index contributed by atoms with van der Waals surface area (Å²) in [4.78, 5) is 40.1. The van der Waals surface area contributed by atoms with Gasteiger partial charge in [0.2, 0.25) is 0 Å². The van der Waals surface area contributed by atoms with Gasteiger partial charge in [-0.1, -0.05) is 0 Å². The summed E-state index contributed by atoms with van der Waals surface area (Å²) in [6, 6.07) is 1.48. The number of nitrogens with one attached hydrogen (secondary N) is 1. The highest BCUT2D eigenvalue weighted by Gasteiger charge is 2.22. The fourth-order valence-corrected chi connectivity index (χ4v) is 1.89. The molecule has 0 saturated carbocycles. The predicted octanol–water partition coefficient (Wildman–Crippen LogP) is 2.94. The quantitative estimate of drug-likeness (QED) is 0.470. The van der Waals surface area contributed by atoms with E-state index in [9.17, 15) is 14.4 Å². The molecule has 1 amide bonds. The Kier molecular flexibility index (Phi) is 7.77. The van der Waals surface area contributed by atoms with Crippen LogP contribution in [-0.4, -0.2) is 41.8 Å². The molecule has 8 heteroatoms. The van der Waals surface area contributed by atoms with Crippen molar-refractivity contribution in [3.8, 4) is 0 Å². The van der Waals surface area contributed by atoms with Crippen molar-refractivity contribution >= 4 is 29.3 Å². The van der Waals surface area contributed by atoms with Gasteiger partial charge < -0.3 is 14.2 Å². The number of hydrogen-bond acceptors (Lipinski definition) is 7. The lowest BCUT2D eigenvalue weighted by Gasteiger charge is -2.20. The molecule has 1 aromatic heterocycles. The summed E-state index contributed by atoms with van der Waals surface area (Å²) in [7, 11) is 0. The predicted molar refractivity (Wildman–Crippen MR) is 95.3 cm³/mol. The Bertz CT molecular complexity index is 691. The Morgan fingerprint density at radius 1 is 1.15 bits per heavy atom. The van der Waals surface area contributed by atoms with Crippen LogP contribution in [-0.2, 0) is 23.8 Å². The molecule has 0 spiro atoms. The summed E-state index contributed by atoms with van der Waals surface area (Å²) in [5.41, 5.74) is -0.311. The zero-order valence-electron chi connectivity index (χ0n) is 15.6. The maximum Gasteiger partial charge on any atom is 0.412 e. The van der Waals surface area contributed by atoms with Gasteiger partial charge in [0.1, 0.15) is 5.60 Å². The lowest BCUT2D eigenvalue weighted by molar-refractivity contribution is -0.139. The Balaban J connectivity index is 3.24. The molecule has 0 fully saturated rings. The molecule has 0 atom stereocenters. The summed E-state index contributed by atoms with van der Waals surface area (Å²) >= 11 is 0. The van der Waals surface area contributed by atoms with Crippen molar-refractivity contribution in [1.82, 2.24) is 4.98 Å². The van der Waals surface area contributed by atoms with E-state index in [2.05, 4.69) is 10.3 Å². The molecular formula is C18H24N2O6. The van der Waals surface area contributed by atoms with Crippen LogP contribution in [0.15, 0.2) is 24.5 Å². The third kappa shape index (κ3) is 6.92. The van der Waals surface area contributed by atoms with Crippen LogP contribution in [0.25, 0.3) is 5.57 Å². The maximum atomic E-state index is 12.3. The minimum Gasteiger partial charge on any atom is -0.463 e. The van der Waals surface area contributed by atoms with Crippen LogP contribution in [0, 0.1) is 0 Å². The summed E-state index contributed by atoms with van der Waals surface area (Å²) in [5, 5.41) is 2.55. The highest BCUT2D eigenvalue weighted by atomic mass is 16.6. The van der Waals surface area contributed by atoms with E-state index in [4.69, 9.17) is 14.2 Å². The van der Waals surface area contributed by atoms with E-state index in [0.29, 0.717) is 0 Å². The normalized spacial score (nSPS) is 11.5. The zero-order chi connectivity index (χ0) is 19.7. The second-order valence-electron chi connectivity index (χ2n) is 6.08. The monoisotopic (exact) mass is 364 g/mol. The molecule has 0 unspecified atom stereocenters. The zero-order valence-corrected chi connectivity index (χ0v) is 15.6. The molecular weight excluding hydrogens is 340 g/mol. The van der Waals surface area contributed by atoms with Gasteiger partial charge in [-0.3, -0.25) is 10.3 Å². The van der Waals surface area contributed by atoms with Gasteiger partial charge in [-0.05, 0) is 40.7 Å². The van der Waals surface area contributed by atoms with Crippen molar-refractivity contribution in [2.75, 3.05) is 18.5 Å². The molecule has 0 aliphatic carbocycles. The van der Waals surface area contributed by atoms with Crippen LogP contribution in [0.1, 0.15) is 40.2 Å². The van der Waals surface area contributed by atoms with Gasteiger partial charge in [-0.2, -0.15) is 0 Å². The van der Waals surface area contributed by atoms with Crippen molar-refractivity contribution < 1.29 is 28.6 Å². The minimum atomic E-state index is -0.735. The fourth-order valence-electron chi connectivity index (χ4n) is 1.89. The molecule has 0 aliphatic rings. The number of esters is 2. The first-order chi connectivity index (χ1) is 12.2. The summed E-state index contributed by atoms with van der Waals surface area (Å²) in [6.07, 6.45) is 3.08. The van der Waals surface area contributed by atoms with Gasteiger partial charge in [0, 0.05) is 24.0 Å². The van der Waals surface area contributed by atoms with E-state index in [-0.39, 0.29) is 30.0 Å². The molecule has 0 aliphatic heterocycles. The average molecular weight is 364 g/mol. The minimum absolute atomic E-state index is 0.0792. The molecule has 8 nitrogen and oxygen atoms in total. The van der Waals surface area contributed by atoms with E-state index >= 15 is 0 Å². The Morgan fingerprint density at radius 3 is 2.38 bits per heavy atom. The number of carbonyl (C=O) groups excluding carboxylic acids is 3. The summed E-state index contributed by atoms with van der Waals surface area (Å²) in [6.45, 7) is 8.74. The van der Waals surface area contributed by atoms with Crippen LogP contribution in [0.4, 0.5) is 10.5 Å². The molecule has 0 radical (unpaired) electrons. The highest BCUT2D eigenvalue weighted by Crippen LogP contribution is 2.25. The number of hydrogen-bond donors (Lipinski definition) is 1. The molecule has 1 heterocycles. The number of rotatable bonds is 6. The van der Waals surface area contributed by atoms with E-state index in [1.165, 1.54) is 18.5 Å². The smallest absolute Gasteiger partial charge is 0.412 e. The molecule has 1 rings (SSSR count). The van der Waals surface area contributed by atoms with E-state index in [1.807, 2.05) is 0 Å². The number of ether oxygens (including phenoxy) is 3. The Labute approximate surface area is 152 Å². The molecule has 142 valence electrons. The summed E-state index contributed by atoms with van der Waals surface area (Å²) < 4.78 is 15.1. The third-order valence-corrected chi connectivity index (χ3v) is 2.79. The third-order valence-electron chi connectivity index (χ3n) is 2.79. The van der Waals surface area contributed by atoms with Gasteiger partial charge in [0.15, 0.2) is 0 Å². The molecule has 0 saturated heterocycles. The molecule has 0 aromatic carbocycles. The number of aromatic nitrogens is 1. The van der Waals surface area contributed by atoms with Crippen LogP contribution < -0.4 is 5.32 Å². The van der Waals surface area contributed by atoms with Crippen molar-refractivity contribution in [3.63, 3.8) is 0 Å². The molecule has 0 bridgehead atoms. The van der Waals surface area contributed by atoms with Gasteiger partial charge >= 0.3 is 18.0 Å². The van der Waals surface area contributed by atoms with Crippen molar-refractivity contribution in [3.05, 3.63) is 30.1 Å². The molecule has 1 N–H and O–H groups in total. The van der Waals surface area contributed by atoms with Crippen LogP contribution in [0.5, 0.6) is 0 Å². The largest absolute Gasteiger partial charge is 0.463 e. The van der Waals surface area contributed by atoms with Gasteiger partial charge in [-0.15, -0.1) is 0 Å². The van der Waals surface area contributed by atoms with Gasteiger partial charge in [-0.25, -0.2) is 14.4 Å². The standard InChI is InChI=1S/C18H24N2O6/c1-6-24-15(21)10-12(16(22)25-7-2)13-11-19-9-8-14(13)20-17(23)26-18(3,4)5/h8-11H,6-7H2,1-5H3,(H,19,20,23)/b12-10-. The molecule has 1 aromatic rings.